The van der Waals surface area contributed by atoms with Crippen LogP contribution in [0.1, 0.15) is 25.7 Å². The molecule has 0 amide bonds. The fourth-order valence-electron chi connectivity index (χ4n) is 3.66. The lowest BCUT2D eigenvalue weighted by Gasteiger charge is -2.22. The number of rotatable bonds is 4. The van der Waals surface area contributed by atoms with Crippen LogP contribution >= 0.6 is 11.6 Å². The predicted molar refractivity (Wildman–Crippen MR) is 80.0 cm³/mol. The average Bonchev–Trinajstić information content (AvgIpc) is 3.01. The predicted octanol–water partition coefficient (Wildman–Crippen LogP) is 2.64. The van der Waals surface area contributed by atoms with Gasteiger partial charge in [0.2, 0.25) is 10.0 Å². The van der Waals surface area contributed by atoms with Crippen molar-refractivity contribution in [1.82, 2.24) is 4.72 Å². The molecule has 110 valence electrons. The van der Waals surface area contributed by atoms with Crippen molar-refractivity contribution < 1.29 is 8.42 Å². The van der Waals surface area contributed by atoms with E-state index in [-0.39, 0.29) is 10.6 Å². The maximum absolute atomic E-state index is 12.3. The Morgan fingerprint density at radius 2 is 2.10 bits per heavy atom. The van der Waals surface area contributed by atoms with Crippen LogP contribution in [0.5, 0.6) is 0 Å². The van der Waals surface area contributed by atoms with Crippen molar-refractivity contribution >= 4 is 27.3 Å². The zero-order chi connectivity index (χ0) is 14.3. The second-order valence-corrected chi connectivity index (χ2v) is 8.14. The number of benzene rings is 1. The molecular weight excluding hydrogens is 296 g/mol. The summed E-state index contributed by atoms with van der Waals surface area (Å²) >= 11 is 5.85. The number of fused-ring (bicyclic) bond motifs is 2. The molecule has 2 aliphatic rings. The van der Waals surface area contributed by atoms with Crippen LogP contribution in [0.3, 0.4) is 0 Å². The second-order valence-electron chi connectivity index (χ2n) is 5.97. The lowest BCUT2D eigenvalue weighted by Crippen LogP contribution is -2.32. The van der Waals surface area contributed by atoms with Crippen LogP contribution in [0.2, 0.25) is 5.02 Å². The van der Waals surface area contributed by atoms with E-state index < -0.39 is 10.0 Å². The quantitative estimate of drug-likeness (QED) is 0.839. The maximum atomic E-state index is 12.3. The largest absolute Gasteiger partial charge is 0.398 e. The lowest BCUT2D eigenvalue weighted by atomic mass is 9.89. The molecule has 3 atom stereocenters. The fourth-order valence-corrected chi connectivity index (χ4v) is 5.15. The Morgan fingerprint density at radius 1 is 1.30 bits per heavy atom. The number of halogens is 1. The minimum atomic E-state index is -3.58. The summed E-state index contributed by atoms with van der Waals surface area (Å²) in [4.78, 5) is 0.0770. The Kier molecular flexibility index (Phi) is 3.69. The van der Waals surface area contributed by atoms with Crippen LogP contribution < -0.4 is 10.5 Å². The van der Waals surface area contributed by atoms with Crippen molar-refractivity contribution in [2.24, 2.45) is 17.8 Å². The van der Waals surface area contributed by atoms with E-state index in [0.717, 1.165) is 12.3 Å². The number of hydrogen-bond acceptors (Lipinski definition) is 3. The summed E-state index contributed by atoms with van der Waals surface area (Å²) in [6.07, 6.45) is 4.98. The van der Waals surface area contributed by atoms with E-state index in [1.807, 2.05) is 0 Å². The zero-order valence-electron chi connectivity index (χ0n) is 11.2. The van der Waals surface area contributed by atoms with Gasteiger partial charge in [0.1, 0.15) is 4.90 Å². The van der Waals surface area contributed by atoms with Crippen LogP contribution in [0, 0.1) is 17.8 Å². The van der Waals surface area contributed by atoms with E-state index in [1.54, 1.807) is 6.07 Å². The van der Waals surface area contributed by atoms with Crippen LogP contribution in [0.25, 0.3) is 0 Å². The highest BCUT2D eigenvalue weighted by atomic mass is 35.5. The van der Waals surface area contributed by atoms with Crippen LogP contribution in [0.4, 0.5) is 5.69 Å². The van der Waals surface area contributed by atoms with Gasteiger partial charge in [-0.25, -0.2) is 13.1 Å². The fraction of sp³-hybridized carbons (Fsp3) is 0.571. The van der Waals surface area contributed by atoms with Gasteiger partial charge in [-0.1, -0.05) is 18.0 Å². The molecule has 0 aliphatic heterocycles. The van der Waals surface area contributed by atoms with Gasteiger partial charge in [0.05, 0.1) is 5.69 Å². The summed E-state index contributed by atoms with van der Waals surface area (Å²) in [6, 6.07) is 4.51. The number of sulfonamides is 1. The topological polar surface area (TPSA) is 72.2 Å². The Labute approximate surface area is 124 Å². The summed E-state index contributed by atoms with van der Waals surface area (Å²) in [6.45, 7) is 0.509. The Hall–Kier alpha value is -0.780. The third-order valence-electron chi connectivity index (χ3n) is 4.69. The van der Waals surface area contributed by atoms with Gasteiger partial charge in [0.25, 0.3) is 0 Å². The molecule has 3 unspecified atom stereocenters. The highest BCUT2D eigenvalue weighted by Gasteiger charge is 2.39. The minimum Gasteiger partial charge on any atom is -0.398 e. The van der Waals surface area contributed by atoms with Crippen molar-refractivity contribution in [3.05, 3.63) is 23.2 Å². The normalized spacial score (nSPS) is 28.9. The molecule has 0 saturated heterocycles. The van der Waals surface area contributed by atoms with E-state index >= 15 is 0 Å². The molecule has 2 bridgehead atoms. The smallest absolute Gasteiger partial charge is 0.242 e. The van der Waals surface area contributed by atoms with E-state index in [2.05, 4.69) is 4.72 Å². The van der Waals surface area contributed by atoms with Crippen molar-refractivity contribution in [2.75, 3.05) is 12.3 Å². The van der Waals surface area contributed by atoms with Crippen molar-refractivity contribution in [3.8, 4) is 0 Å². The van der Waals surface area contributed by atoms with Gasteiger partial charge in [-0.3, -0.25) is 0 Å². The minimum absolute atomic E-state index is 0.0770. The first-order chi connectivity index (χ1) is 9.45. The SMILES string of the molecule is Nc1ccc(Cl)cc1S(=O)(=O)NCC1CC2CCC1C2. The van der Waals surface area contributed by atoms with E-state index in [1.165, 1.54) is 31.4 Å². The standard InChI is InChI=1S/C14H19ClN2O2S/c15-12-3-4-13(16)14(7-12)20(18,19)17-8-11-6-9-1-2-10(11)5-9/h3-4,7,9-11,17H,1-2,5-6,8,16H2. The Morgan fingerprint density at radius 3 is 2.75 bits per heavy atom. The van der Waals surface area contributed by atoms with Gasteiger partial charge in [0.15, 0.2) is 0 Å². The summed E-state index contributed by atoms with van der Waals surface area (Å²) in [5, 5.41) is 0.375. The molecule has 4 nitrogen and oxygen atoms in total. The van der Waals surface area contributed by atoms with Gasteiger partial charge >= 0.3 is 0 Å². The van der Waals surface area contributed by atoms with Crippen LogP contribution in [0.15, 0.2) is 23.1 Å². The first-order valence-corrected chi connectivity index (χ1v) is 8.86. The molecule has 2 fully saturated rings. The molecule has 1 aromatic rings. The number of nitrogen functional groups attached to an aromatic ring is 1. The number of hydrogen-bond donors (Lipinski definition) is 2. The van der Waals surface area contributed by atoms with Crippen molar-refractivity contribution in [1.29, 1.82) is 0 Å². The van der Waals surface area contributed by atoms with Gasteiger partial charge in [-0.2, -0.15) is 0 Å². The third-order valence-corrected chi connectivity index (χ3v) is 6.40. The molecule has 0 spiro atoms. The molecule has 0 radical (unpaired) electrons. The third kappa shape index (κ3) is 2.67. The molecular formula is C14H19ClN2O2S. The molecule has 20 heavy (non-hydrogen) atoms. The molecule has 2 saturated carbocycles. The summed E-state index contributed by atoms with van der Waals surface area (Å²) < 4.78 is 27.3. The molecule has 2 aliphatic carbocycles. The van der Waals surface area contributed by atoms with Gasteiger partial charge < -0.3 is 5.73 Å². The van der Waals surface area contributed by atoms with Crippen molar-refractivity contribution in [2.45, 2.75) is 30.6 Å². The van der Waals surface area contributed by atoms with Gasteiger partial charge in [-0.15, -0.1) is 0 Å². The first kappa shape index (κ1) is 14.2. The summed E-state index contributed by atoms with van der Waals surface area (Å²) in [5.41, 5.74) is 5.97. The number of anilines is 1. The van der Waals surface area contributed by atoms with E-state index in [4.69, 9.17) is 17.3 Å². The first-order valence-electron chi connectivity index (χ1n) is 7.00. The molecule has 1 aromatic carbocycles. The monoisotopic (exact) mass is 314 g/mol. The summed E-state index contributed by atoms with van der Waals surface area (Å²) in [7, 11) is -3.58. The van der Waals surface area contributed by atoms with Crippen LogP contribution in [-0.4, -0.2) is 15.0 Å². The van der Waals surface area contributed by atoms with Gasteiger partial charge in [-0.05, 0) is 55.2 Å². The van der Waals surface area contributed by atoms with Gasteiger partial charge in [0, 0.05) is 11.6 Å². The average molecular weight is 315 g/mol. The molecule has 0 aromatic heterocycles. The number of nitrogens with one attached hydrogen (secondary N) is 1. The zero-order valence-corrected chi connectivity index (χ0v) is 12.8. The molecule has 3 rings (SSSR count). The Bertz CT molecular complexity index is 618. The highest BCUT2D eigenvalue weighted by Crippen LogP contribution is 2.48. The Balaban J connectivity index is 1.71. The van der Waals surface area contributed by atoms with Crippen LogP contribution in [-0.2, 0) is 10.0 Å². The summed E-state index contributed by atoms with van der Waals surface area (Å²) in [5.74, 6) is 1.98. The molecule has 3 N–H and O–H groups in total. The lowest BCUT2D eigenvalue weighted by molar-refractivity contribution is 0.333. The number of nitrogens with two attached hydrogens (primary N) is 1. The van der Waals surface area contributed by atoms with Crippen molar-refractivity contribution in [3.63, 3.8) is 0 Å². The maximum Gasteiger partial charge on any atom is 0.242 e. The van der Waals surface area contributed by atoms with E-state index in [0.29, 0.717) is 23.4 Å². The van der Waals surface area contributed by atoms with E-state index in [9.17, 15) is 8.42 Å². The second kappa shape index (κ2) is 5.20. The molecule has 6 heteroatoms. The molecule has 0 heterocycles. The highest BCUT2D eigenvalue weighted by molar-refractivity contribution is 7.89.